The molecule has 0 spiro atoms. The minimum Gasteiger partial charge on any atom is -0.330 e. The van der Waals surface area contributed by atoms with Crippen molar-refractivity contribution < 1.29 is 4.79 Å². The number of carbonyl (C=O) groups is 1. The summed E-state index contributed by atoms with van der Waals surface area (Å²) in [5.41, 5.74) is 5.03. The third kappa shape index (κ3) is 4.65. The summed E-state index contributed by atoms with van der Waals surface area (Å²) in [7, 11) is 0. The van der Waals surface area contributed by atoms with Crippen LogP contribution < -0.4 is 0 Å². The van der Waals surface area contributed by atoms with E-state index in [2.05, 4.69) is 29.2 Å². The maximum Gasteiger partial charge on any atom is 0.255 e. The Morgan fingerprint density at radius 1 is 0.667 bits per heavy atom. The lowest BCUT2D eigenvalue weighted by atomic mass is 10.0. The highest BCUT2D eigenvalue weighted by Crippen LogP contribution is 2.26. The topological polar surface area (TPSA) is 46.1 Å². The maximum atomic E-state index is 14.0. The fourth-order valence-corrected chi connectivity index (χ4v) is 3.98. The van der Waals surface area contributed by atoms with E-state index in [1.54, 1.807) is 6.20 Å². The number of carbonyl (C=O) groups excluding carboxylic acids is 1. The largest absolute Gasteiger partial charge is 0.330 e. The van der Waals surface area contributed by atoms with Crippen LogP contribution in [0.1, 0.15) is 21.5 Å². The van der Waals surface area contributed by atoms with Crippen molar-refractivity contribution >= 4 is 16.8 Å². The summed E-state index contributed by atoms with van der Waals surface area (Å²) in [4.78, 5) is 25.2. The summed E-state index contributed by atoms with van der Waals surface area (Å²) in [6.07, 6.45) is 1.74. The zero-order valence-corrected chi connectivity index (χ0v) is 18.1. The molecule has 4 heteroatoms. The van der Waals surface area contributed by atoms with Crippen molar-refractivity contribution in [2.45, 2.75) is 13.1 Å². The molecule has 2 aromatic heterocycles. The Morgan fingerprint density at radius 3 is 1.91 bits per heavy atom. The Labute approximate surface area is 193 Å². The first kappa shape index (κ1) is 20.6. The molecule has 0 saturated heterocycles. The lowest BCUT2D eigenvalue weighted by Gasteiger charge is -2.24. The van der Waals surface area contributed by atoms with Gasteiger partial charge in [-0.1, -0.05) is 84.9 Å². The molecule has 1 amide bonds. The molecule has 5 rings (SSSR count). The molecule has 3 aromatic carbocycles. The van der Waals surface area contributed by atoms with E-state index in [0.29, 0.717) is 24.3 Å². The van der Waals surface area contributed by atoms with Gasteiger partial charge in [-0.05, 0) is 35.4 Å². The van der Waals surface area contributed by atoms with E-state index in [1.165, 1.54) is 0 Å². The zero-order chi connectivity index (χ0) is 22.5. The summed E-state index contributed by atoms with van der Waals surface area (Å²) in [5.74, 6) is -0.0292. The molecule has 160 valence electrons. The number of aromatic nitrogens is 2. The Hall–Kier alpha value is -4.31. The number of benzene rings is 3. The third-order valence-corrected chi connectivity index (χ3v) is 5.59. The Balaban J connectivity index is 1.60. The number of para-hydroxylation sites is 1. The molecule has 0 aliphatic rings. The third-order valence-electron chi connectivity index (χ3n) is 5.59. The smallest absolute Gasteiger partial charge is 0.255 e. The monoisotopic (exact) mass is 429 g/mol. The lowest BCUT2D eigenvalue weighted by Crippen LogP contribution is -2.30. The summed E-state index contributed by atoms with van der Waals surface area (Å²) >= 11 is 0. The van der Waals surface area contributed by atoms with Crippen LogP contribution in [0.25, 0.3) is 22.3 Å². The van der Waals surface area contributed by atoms with Crippen molar-refractivity contribution in [3.63, 3.8) is 0 Å². The normalized spacial score (nSPS) is 10.8. The molecule has 0 atom stereocenters. The summed E-state index contributed by atoms with van der Waals surface area (Å²) in [6, 6.07) is 35.6. The Kier molecular flexibility index (Phi) is 5.89. The molecule has 2 heterocycles. The van der Waals surface area contributed by atoms with Gasteiger partial charge in [-0.3, -0.25) is 9.78 Å². The zero-order valence-electron chi connectivity index (χ0n) is 18.1. The number of hydrogen-bond acceptors (Lipinski definition) is 3. The van der Waals surface area contributed by atoms with Gasteiger partial charge in [0.2, 0.25) is 0 Å². The van der Waals surface area contributed by atoms with Crippen LogP contribution in [-0.4, -0.2) is 20.8 Å². The molecule has 0 unspecified atom stereocenters. The quantitative estimate of drug-likeness (QED) is 0.326. The van der Waals surface area contributed by atoms with Crippen molar-refractivity contribution in [3.05, 3.63) is 132 Å². The van der Waals surface area contributed by atoms with E-state index in [4.69, 9.17) is 4.98 Å². The van der Waals surface area contributed by atoms with Crippen LogP contribution in [0.3, 0.4) is 0 Å². The van der Waals surface area contributed by atoms with Crippen LogP contribution in [-0.2, 0) is 13.1 Å². The minimum atomic E-state index is -0.0292. The average molecular weight is 430 g/mol. The molecule has 0 N–H and O–H groups in total. The number of rotatable bonds is 6. The molecule has 0 bridgehead atoms. The maximum absolute atomic E-state index is 14.0. The summed E-state index contributed by atoms with van der Waals surface area (Å²) in [6.45, 7) is 1.04. The molecule has 33 heavy (non-hydrogen) atoms. The van der Waals surface area contributed by atoms with Crippen LogP contribution in [0.5, 0.6) is 0 Å². The van der Waals surface area contributed by atoms with E-state index in [9.17, 15) is 4.79 Å². The minimum absolute atomic E-state index is 0.0292. The predicted molar refractivity (Wildman–Crippen MR) is 131 cm³/mol. The molecule has 0 aliphatic heterocycles. The average Bonchev–Trinajstić information content (AvgIpc) is 2.89. The van der Waals surface area contributed by atoms with E-state index in [1.807, 2.05) is 89.8 Å². The Bertz CT molecular complexity index is 1330. The second-order valence-corrected chi connectivity index (χ2v) is 7.92. The van der Waals surface area contributed by atoms with Crippen LogP contribution in [0.2, 0.25) is 0 Å². The second-order valence-electron chi connectivity index (χ2n) is 7.92. The van der Waals surface area contributed by atoms with E-state index in [0.717, 1.165) is 27.7 Å². The summed E-state index contributed by atoms with van der Waals surface area (Å²) < 4.78 is 0. The number of fused-ring (bicyclic) bond motifs is 1. The van der Waals surface area contributed by atoms with Gasteiger partial charge < -0.3 is 4.90 Å². The molecular weight excluding hydrogens is 406 g/mol. The van der Waals surface area contributed by atoms with Gasteiger partial charge in [0, 0.05) is 24.7 Å². The van der Waals surface area contributed by atoms with Crippen LogP contribution >= 0.6 is 0 Å². The fraction of sp³-hybridized carbons (Fsp3) is 0.0690. The van der Waals surface area contributed by atoms with Gasteiger partial charge in [-0.25, -0.2) is 4.98 Å². The first-order valence-corrected chi connectivity index (χ1v) is 11.0. The number of amides is 1. The van der Waals surface area contributed by atoms with Gasteiger partial charge in [0.05, 0.1) is 22.5 Å². The molecule has 0 fully saturated rings. The fourth-order valence-electron chi connectivity index (χ4n) is 3.98. The van der Waals surface area contributed by atoms with E-state index < -0.39 is 0 Å². The van der Waals surface area contributed by atoms with Crippen molar-refractivity contribution in [1.29, 1.82) is 0 Å². The number of pyridine rings is 2. The highest BCUT2D eigenvalue weighted by atomic mass is 16.2. The van der Waals surface area contributed by atoms with Gasteiger partial charge in [-0.2, -0.15) is 0 Å². The van der Waals surface area contributed by atoms with Gasteiger partial charge in [0.25, 0.3) is 5.91 Å². The Morgan fingerprint density at radius 2 is 1.27 bits per heavy atom. The van der Waals surface area contributed by atoms with Crippen molar-refractivity contribution in [2.75, 3.05) is 0 Å². The molecular formula is C29H23N3O. The first-order valence-electron chi connectivity index (χ1n) is 11.0. The van der Waals surface area contributed by atoms with Gasteiger partial charge in [0.1, 0.15) is 0 Å². The van der Waals surface area contributed by atoms with Crippen LogP contribution in [0, 0.1) is 0 Å². The molecule has 4 nitrogen and oxygen atoms in total. The lowest BCUT2D eigenvalue weighted by molar-refractivity contribution is 0.0732. The molecule has 0 radical (unpaired) electrons. The van der Waals surface area contributed by atoms with Crippen molar-refractivity contribution in [2.24, 2.45) is 0 Å². The highest BCUT2D eigenvalue weighted by Gasteiger charge is 2.21. The summed E-state index contributed by atoms with van der Waals surface area (Å²) in [5, 5.41) is 0.841. The molecule has 0 saturated carbocycles. The van der Waals surface area contributed by atoms with Crippen molar-refractivity contribution in [3.8, 4) is 11.4 Å². The standard InChI is InChI=1S/C29H23N3O/c33-29(32(20-22-11-3-1-4-12-22)21-23-13-5-2-6-14-23)25-19-28(27-17-9-10-18-30-27)31-26-16-8-7-15-24(25)26/h1-19H,20-21H2. The van der Waals surface area contributed by atoms with Crippen LogP contribution in [0.4, 0.5) is 0 Å². The highest BCUT2D eigenvalue weighted by molar-refractivity contribution is 6.07. The van der Waals surface area contributed by atoms with Crippen LogP contribution in [0.15, 0.2) is 115 Å². The SMILES string of the molecule is O=C(c1cc(-c2ccccn2)nc2ccccc12)N(Cc1ccccc1)Cc1ccccc1. The first-order chi connectivity index (χ1) is 16.3. The van der Waals surface area contributed by atoms with Crippen molar-refractivity contribution in [1.82, 2.24) is 14.9 Å². The van der Waals surface area contributed by atoms with Gasteiger partial charge >= 0.3 is 0 Å². The number of hydrogen-bond donors (Lipinski definition) is 0. The van der Waals surface area contributed by atoms with E-state index >= 15 is 0 Å². The van der Waals surface area contributed by atoms with Gasteiger partial charge in [-0.15, -0.1) is 0 Å². The van der Waals surface area contributed by atoms with Gasteiger partial charge in [0.15, 0.2) is 0 Å². The predicted octanol–water partition coefficient (Wildman–Crippen LogP) is 6.14. The van der Waals surface area contributed by atoms with E-state index in [-0.39, 0.29) is 5.91 Å². The second kappa shape index (κ2) is 9.45. The number of nitrogens with zero attached hydrogens (tertiary/aromatic N) is 3. The molecule has 5 aromatic rings. The molecule has 0 aliphatic carbocycles.